The predicted octanol–water partition coefficient (Wildman–Crippen LogP) is -1.57. The van der Waals surface area contributed by atoms with Crippen molar-refractivity contribution in [1.29, 1.82) is 0 Å². The first kappa shape index (κ1) is 7.50. The second kappa shape index (κ2) is 3.53. The van der Waals surface area contributed by atoms with Crippen LogP contribution in [0.25, 0.3) is 0 Å². The van der Waals surface area contributed by atoms with Crippen LogP contribution >= 0.6 is 0 Å². The summed E-state index contributed by atoms with van der Waals surface area (Å²) in [5.41, 5.74) is 0. The third-order valence-electron chi connectivity index (χ3n) is 1.48. The Morgan fingerprint density at radius 3 is 3.10 bits per heavy atom. The maximum atomic E-state index is 10.7. The number of β-amino-alcohol motifs (C(OH)–C–C–N with tert-alkyl or cyclic N) is 1. The molecular weight excluding hydrogens is 132 g/mol. The van der Waals surface area contributed by atoms with Gasteiger partial charge in [-0.15, -0.1) is 0 Å². The summed E-state index contributed by atoms with van der Waals surface area (Å²) in [6.45, 7) is 2.46. The molecular formula is C6H11N2O2. The Kier molecular flexibility index (Phi) is 2.65. The quantitative estimate of drug-likeness (QED) is 0.508. The summed E-state index contributed by atoms with van der Waals surface area (Å²) in [6.07, 6.45) is 0. The lowest BCUT2D eigenvalue weighted by atomic mass is 10.3. The van der Waals surface area contributed by atoms with Gasteiger partial charge in [-0.25, -0.2) is 5.32 Å². The lowest BCUT2D eigenvalue weighted by Crippen LogP contribution is -2.45. The van der Waals surface area contributed by atoms with Gasteiger partial charge in [-0.3, -0.25) is 9.69 Å². The topological polar surface area (TPSA) is 54.6 Å². The fourth-order valence-electron chi connectivity index (χ4n) is 0.969. The van der Waals surface area contributed by atoms with Crippen molar-refractivity contribution in [3.05, 3.63) is 0 Å². The Balaban J connectivity index is 2.25. The minimum Gasteiger partial charge on any atom is -0.395 e. The zero-order chi connectivity index (χ0) is 7.40. The van der Waals surface area contributed by atoms with Gasteiger partial charge in [-0.2, -0.15) is 0 Å². The fraction of sp³-hybridized carbons (Fsp3) is 0.833. The van der Waals surface area contributed by atoms with Crippen molar-refractivity contribution >= 4 is 5.91 Å². The molecule has 0 aromatic heterocycles. The van der Waals surface area contributed by atoms with Crippen molar-refractivity contribution in [2.24, 2.45) is 0 Å². The highest BCUT2D eigenvalue weighted by Gasteiger charge is 2.15. The minimum absolute atomic E-state index is 0.0697. The summed E-state index contributed by atoms with van der Waals surface area (Å²) >= 11 is 0. The van der Waals surface area contributed by atoms with E-state index in [9.17, 15) is 4.79 Å². The van der Waals surface area contributed by atoms with Crippen LogP contribution < -0.4 is 5.32 Å². The molecule has 1 saturated heterocycles. The Hall–Kier alpha value is -0.610. The predicted molar refractivity (Wildman–Crippen MR) is 35.5 cm³/mol. The van der Waals surface area contributed by atoms with Gasteiger partial charge in [-0.05, 0) is 0 Å². The van der Waals surface area contributed by atoms with E-state index in [0.717, 1.165) is 6.54 Å². The molecule has 0 spiro atoms. The molecule has 10 heavy (non-hydrogen) atoms. The highest BCUT2D eigenvalue weighted by Crippen LogP contribution is 1.92. The molecule has 0 aromatic carbocycles. The van der Waals surface area contributed by atoms with Gasteiger partial charge in [0.1, 0.15) is 0 Å². The van der Waals surface area contributed by atoms with Gasteiger partial charge in [0.25, 0.3) is 5.91 Å². The standard InChI is InChI=1S/C6H11N2O2/c9-4-3-8-2-1-7-6(10)5-8/h9H,1-5H2. The summed E-state index contributed by atoms with van der Waals surface area (Å²) in [5.74, 6) is -0.0697. The number of carbonyl (C=O) groups is 1. The van der Waals surface area contributed by atoms with Gasteiger partial charge in [0.05, 0.1) is 19.7 Å². The van der Waals surface area contributed by atoms with Gasteiger partial charge in [0.15, 0.2) is 0 Å². The van der Waals surface area contributed by atoms with Crippen molar-refractivity contribution in [2.75, 3.05) is 32.8 Å². The van der Waals surface area contributed by atoms with Crippen LogP contribution in [0.2, 0.25) is 0 Å². The van der Waals surface area contributed by atoms with Crippen LogP contribution in [0, 0.1) is 0 Å². The van der Waals surface area contributed by atoms with Crippen LogP contribution in [-0.2, 0) is 4.79 Å². The lowest BCUT2D eigenvalue weighted by molar-refractivity contribution is -0.124. The first-order chi connectivity index (χ1) is 4.83. The largest absolute Gasteiger partial charge is 0.395 e. The van der Waals surface area contributed by atoms with Gasteiger partial charge in [0, 0.05) is 13.1 Å². The molecule has 0 atom stereocenters. The van der Waals surface area contributed by atoms with Crippen molar-refractivity contribution < 1.29 is 9.90 Å². The van der Waals surface area contributed by atoms with E-state index in [2.05, 4.69) is 5.32 Å². The average Bonchev–Trinajstić information content (AvgIpc) is 1.88. The van der Waals surface area contributed by atoms with E-state index in [4.69, 9.17) is 5.11 Å². The monoisotopic (exact) mass is 143 g/mol. The zero-order valence-corrected chi connectivity index (χ0v) is 5.79. The maximum Gasteiger partial charge on any atom is 0.255 e. The van der Waals surface area contributed by atoms with Gasteiger partial charge in [0.2, 0.25) is 0 Å². The molecule has 0 aliphatic carbocycles. The molecule has 4 heteroatoms. The normalized spacial score (nSPS) is 20.7. The Morgan fingerprint density at radius 2 is 2.50 bits per heavy atom. The Bertz CT molecular complexity index is 125. The molecule has 0 unspecified atom stereocenters. The summed E-state index contributed by atoms with van der Waals surface area (Å²) in [5, 5.41) is 12.2. The molecule has 1 fully saturated rings. The van der Waals surface area contributed by atoms with E-state index >= 15 is 0 Å². The fourth-order valence-corrected chi connectivity index (χ4v) is 0.969. The van der Waals surface area contributed by atoms with Gasteiger partial charge >= 0.3 is 0 Å². The molecule has 4 nitrogen and oxygen atoms in total. The first-order valence-corrected chi connectivity index (χ1v) is 3.36. The summed E-state index contributed by atoms with van der Waals surface area (Å²) in [7, 11) is 0. The molecule has 57 valence electrons. The second-order valence-corrected chi connectivity index (χ2v) is 2.28. The molecule has 0 saturated carbocycles. The summed E-state index contributed by atoms with van der Waals surface area (Å²) in [6, 6.07) is 0. The summed E-state index contributed by atoms with van der Waals surface area (Å²) < 4.78 is 0. The number of carbonyl (C=O) groups excluding carboxylic acids is 1. The number of aliphatic hydroxyl groups excluding tert-OH is 1. The number of hydrogen-bond donors (Lipinski definition) is 1. The van der Waals surface area contributed by atoms with Crippen molar-refractivity contribution in [3.8, 4) is 0 Å². The van der Waals surface area contributed by atoms with Gasteiger partial charge < -0.3 is 5.11 Å². The van der Waals surface area contributed by atoms with E-state index in [0.29, 0.717) is 19.6 Å². The van der Waals surface area contributed by atoms with Crippen LogP contribution in [0.3, 0.4) is 0 Å². The number of rotatable bonds is 2. The number of nitrogens with zero attached hydrogens (tertiary/aromatic N) is 2. The summed E-state index contributed by atoms with van der Waals surface area (Å²) in [4.78, 5) is 12.6. The lowest BCUT2D eigenvalue weighted by Gasteiger charge is -2.23. The number of hydrogen-bond acceptors (Lipinski definition) is 3. The first-order valence-electron chi connectivity index (χ1n) is 3.36. The van der Waals surface area contributed by atoms with Crippen molar-refractivity contribution in [3.63, 3.8) is 0 Å². The van der Waals surface area contributed by atoms with E-state index in [1.54, 1.807) is 0 Å². The number of aliphatic hydroxyl groups is 1. The van der Waals surface area contributed by atoms with Crippen LogP contribution in [0.4, 0.5) is 0 Å². The van der Waals surface area contributed by atoms with E-state index in [-0.39, 0.29) is 12.5 Å². The second-order valence-electron chi connectivity index (χ2n) is 2.28. The zero-order valence-electron chi connectivity index (χ0n) is 5.79. The van der Waals surface area contributed by atoms with Crippen molar-refractivity contribution in [1.82, 2.24) is 10.2 Å². The Labute approximate surface area is 59.8 Å². The van der Waals surface area contributed by atoms with Crippen LogP contribution in [0.15, 0.2) is 0 Å². The SMILES string of the molecule is O=C1CN(CCO)CC[N]1. The number of piperazine rings is 1. The van der Waals surface area contributed by atoms with Crippen LogP contribution in [0.1, 0.15) is 0 Å². The maximum absolute atomic E-state index is 10.7. The molecule has 0 aromatic rings. The molecule has 1 rings (SSSR count). The van der Waals surface area contributed by atoms with Crippen molar-refractivity contribution in [2.45, 2.75) is 0 Å². The molecule has 1 radical (unpaired) electrons. The van der Waals surface area contributed by atoms with Crippen LogP contribution in [0.5, 0.6) is 0 Å². The molecule has 0 bridgehead atoms. The molecule has 1 amide bonds. The van der Waals surface area contributed by atoms with Gasteiger partial charge in [-0.1, -0.05) is 0 Å². The molecule has 1 aliphatic heterocycles. The highest BCUT2D eigenvalue weighted by atomic mass is 16.3. The third-order valence-corrected chi connectivity index (χ3v) is 1.48. The van der Waals surface area contributed by atoms with E-state index in [1.165, 1.54) is 0 Å². The van der Waals surface area contributed by atoms with E-state index < -0.39 is 0 Å². The third kappa shape index (κ3) is 1.97. The molecule has 1 heterocycles. The average molecular weight is 143 g/mol. The highest BCUT2D eigenvalue weighted by molar-refractivity contribution is 5.78. The smallest absolute Gasteiger partial charge is 0.255 e. The van der Waals surface area contributed by atoms with Crippen LogP contribution in [-0.4, -0.2) is 48.7 Å². The minimum atomic E-state index is -0.0697. The number of amides is 1. The molecule has 1 aliphatic rings. The van der Waals surface area contributed by atoms with E-state index in [1.807, 2.05) is 4.90 Å². The Morgan fingerprint density at radius 1 is 1.70 bits per heavy atom. The molecule has 1 N–H and O–H groups in total.